The molecule has 1 aromatic rings. The molecule has 1 aromatic carbocycles. The summed E-state index contributed by atoms with van der Waals surface area (Å²) in [5.74, 6) is 0.674. The third kappa shape index (κ3) is 4.34. The summed E-state index contributed by atoms with van der Waals surface area (Å²) in [5.41, 5.74) is 0.992. The minimum Gasteiger partial charge on any atom is -0.488 e. The molecule has 2 unspecified atom stereocenters. The second-order valence-electron chi connectivity index (χ2n) is 5.62. The van der Waals surface area contributed by atoms with E-state index >= 15 is 0 Å². The van der Waals surface area contributed by atoms with Gasteiger partial charge in [0.05, 0.1) is 10.3 Å². The van der Waals surface area contributed by atoms with Gasteiger partial charge in [-0.1, -0.05) is 23.7 Å². The predicted octanol–water partition coefficient (Wildman–Crippen LogP) is 2.79. The van der Waals surface area contributed by atoms with Crippen LogP contribution in [0.3, 0.4) is 0 Å². The van der Waals surface area contributed by atoms with Crippen LogP contribution >= 0.6 is 11.6 Å². The first-order valence-corrected chi connectivity index (χ1v) is 9.52. The molecule has 0 spiro atoms. The number of para-hydroxylation sites is 1. The van der Waals surface area contributed by atoms with E-state index in [1.807, 2.05) is 19.2 Å². The van der Waals surface area contributed by atoms with E-state index in [2.05, 4.69) is 5.32 Å². The molecular formula is C15H22ClNO3S. The van der Waals surface area contributed by atoms with E-state index in [1.165, 1.54) is 6.26 Å². The van der Waals surface area contributed by atoms with Crippen molar-refractivity contribution in [3.8, 4) is 5.75 Å². The fraction of sp³-hybridized carbons (Fsp3) is 0.600. The number of halogens is 1. The van der Waals surface area contributed by atoms with Crippen molar-refractivity contribution in [3.63, 3.8) is 0 Å². The number of sulfone groups is 1. The molecular weight excluding hydrogens is 310 g/mol. The van der Waals surface area contributed by atoms with Gasteiger partial charge in [-0.15, -0.1) is 0 Å². The van der Waals surface area contributed by atoms with Crippen molar-refractivity contribution >= 4 is 21.4 Å². The second kappa shape index (κ2) is 6.99. The molecule has 1 aliphatic carbocycles. The van der Waals surface area contributed by atoms with Crippen LogP contribution in [-0.4, -0.2) is 33.1 Å². The van der Waals surface area contributed by atoms with Crippen molar-refractivity contribution in [2.24, 2.45) is 0 Å². The average Bonchev–Trinajstić information content (AvgIpc) is 2.42. The van der Waals surface area contributed by atoms with Gasteiger partial charge in [0, 0.05) is 24.8 Å². The van der Waals surface area contributed by atoms with Crippen molar-refractivity contribution in [2.45, 2.75) is 43.6 Å². The molecule has 0 aromatic heterocycles. The van der Waals surface area contributed by atoms with Gasteiger partial charge >= 0.3 is 0 Å². The highest BCUT2D eigenvalue weighted by Crippen LogP contribution is 2.33. The van der Waals surface area contributed by atoms with Gasteiger partial charge in [-0.05, 0) is 32.4 Å². The summed E-state index contributed by atoms with van der Waals surface area (Å²) >= 11 is 6.24. The van der Waals surface area contributed by atoms with E-state index in [-0.39, 0.29) is 11.4 Å². The fourth-order valence-electron chi connectivity index (χ4n) is 2.78. The zero-order valence-electron chi connectivity index (χ0n) is 12.4. The molecule has 0 radical (unpaired) electrons. The van der Waals surface area contributed by atoms with Gasteiger partial charge in [0.1, 0.15) is 21.7 Å². The van der Waals surface area contributed by atoms with Gasteiger partial charge < -0.3 is 10.1 Å². The van der Waals surface area contributed by atoms with Gasteiger partial charge in [-0.2, -0.15) is 0 Å². The number of ether oxygens (including phenoxy) is 1. The Hall–Kier alpha value is -0.780. The lowest BCUT2D eigenvalue weighted by molar-refractivity contribution is 0.155. The lowest BCUT2D eigenvalue weighted by Crippen LogP contribution is -2.33. The van der Waals surface area contributed by atoms with Gasteiger partial charge in [0.25, 0.3) is 0 Å². The van der Waals surface area contributed by atoms with Gasteiger partial charge in [-0.25, -0.2) is 8.42 Å². The maximum absolute atomic E-state index is 11.7. The first-order valence-electron chi connectivity index (χ1n) is 7.19. The van der Waals surface area contributed by atoms with E-state index in [4.69, 9.17) is 16.3 Å². The minimum atomic E-state index is -3.01. The Labute approximate surface area is 131 Å². The maximum Gasteiger partial charge on any atom is 0.150 e. The van der Waals surface area contributed by atoms with Crippen LogP contribution in [0.5, 0.6) is 5.75 Å². The molecule has 2 rings (SSSR count). The standard InChI is InChI=1S/C15H22ClNO3S/c1-17-10-11-5-3-8-14(16)15(11)20-12-6-4-7-13(9-12)21(2,18)19/h3,5,8,12-13,17H,4,6-7,9-10H2,1-2H3. The number of rotatable bonds is 5. The molecule has 118 valence electrons. The zero-order valence-corrected chi connectivity index (χ0v) is 14.0. The second-order valence-corrected chi connectivity index (χ2v) is 8.35. The molecule has 0 bridgehead atoms. The molecule has 4 nitrogen and oxygen atoms in total. The number of hydrogen-bond acceptors (Lipinski definition) is 4. The van der Waals surface area contributed by atoms with Crippen molar-refractivity contribution < 1.29 is 13.2 Å². The number of hydrogen-bond donors (Lipinski definition) is 1. The lowest BCUT2D eigenvalue weighted by atomic mass is 9.97. The molecule has 21 heavy (non-hydrogen) atoms. The van der Waals surface area contributed by atoms with Crippen LogP contribution in [-0.2, 0) is 16.4 Å². The Morgan fingerprint density at radius 3 is 2.81 bits per heavy atom. The van der Waals surface area contributed by atoms with Crippen molar-refractivity contribution in [3.05, 3.63) is 28.8 Å². The summed E-state index contributed by atoms with van der Waals surface area (Å²) in [7, 11) is -1.14. The van der Waals surface area contributed by atoms with Crippen LogP contribution in [0.25, 0.3) is 0 Å². The third-order valence-corrected chi connectivity index (χ3v) is 5.82. The van der Waals surface area contributed by atoms with E-state index in [0.29, 0.717) is 23.7 Å². The Morgan fingerprint density at radius 2 is 2.14 bits per heavy atom. The van der Waals surface area contributed by atoms with Crippen molar-refractivity contribution in [1.82, 2.24) is 5.32 Å². The summed E-state index contributed by atoms with van der Waals surface area (Å²) in [5, 5.41) is 3.36. The molecule has 1 fully saturated rings. The lowest BCUT2D eigenvalue weighted by Gasteiger charge is -2.29. The monoisotopic (exact) mass is 331 g/mol. The third-order valence-electron chi connectivity index (χ3n) is 3.88. The maximum atomic E-state index is 11.7. The average molecular weight is 332 g/mol. The summed E-state index contributed by atoms with van der Waals surface area (Å²) in [4.78, 5) is 0. The highest BCUT2D eigenvalue weighted by atomic mass is 35.5. The largest absolute Gasteiger partial charge is 0.488 e. The van der Waals surface area contributed by atoms with Crippen molar-refractivity contribution in [1.29, 1.82) is 0 Å². The van der Waals surface area contributed by atoms with Gasteiger partial charge in [0.15, 0.2) is 0 Å². The zero-order chi connectivity index (χ0) is 15.5. The highest BCUT2D eigenvalue weighted by molar-refractivity contribution is 7.91. The van der Waals surface area contributed by atoms with E-state index in [9.17, 15) is 8.42 Å². The van der Waals surface area contributed by atoms with Gasteiger partial charge in [-0.3, -0.25) is 0 Å². The van der Waals surface area contributed by atoms with E-state index in [1.54, 1.807) is 6.07 Å². The number of benzene rings is 1. The van der Waals surface area contributed by atoms with E-state index in [0.717, 1.165) is 24.8 Å². The van der Waals surface area contributed by atoms with Crippen LogP contribution in [0, 0.1) is 0 Å². The molecule has 0 saturated heterocycles. The minimum absolute atomic E-state index is 0.0889. The summed E-state index contributed by atoms with van der Waals surface area (Å²) < 4.78 is 29.5. The molecule has 2 atom stereocenters. The molecule has 1 N–H and O–H groups in total. The highest BCUT2D eigenvalue weighted by Gasteiger charge is 2.30. The quantitative estimate of drug-likeness (QED) is 0.901. The predicted molar refractivity (Wildman–Crippen MR) is 85.7 cm³/mol. The topological polar surface area (TPSA) is 55.4 Å². The van der Waals surface area contributed by atoms with Crippen LogP contribution < -0.4 is 10.1 Å². The van der Waals surface area contributed by atoms with Crippen molar-refractivity contribution in [2.75, 3.05) is 13.3 Å². The van der Waals surface area contributed by atoms with Crippen LogP contribution in [0.2, 0.25) is 5.02 Å². The number of nitrogens with one attached hydrogen (secondary N) is 1. The summed E-state index contributed by atoms with van der Waals surface area (Å²) in [6, 6.07) is 5.66. The van der Waals surface area contributed by atoms with E-state index < -0.39 is 9.84 Å². The Balaban J connectivity index is 2.14. The molecule has 1 aliphatic rings. The molecule has 0 amide bonds. The Bertz CT molecular complexity index is 589. The van der Waals surface area contributed by atoms with Gasteiger partial charge in [0.2, 0.25) is 0 Å². The first-order chi connectivity index (χ1) is 9.91. The van der Waals surface area contributed by atoms with Crippen LogP contribution in [0.4, 0.5) is 0 Å². The summed E-state index contributed by atoms with van der Waals surface area (Å²) in [6.45, 7) is 0.665. The fourth-order valence-corrected chi connectivity index (χ4v) is 4.18. The normalized spacial score (nSPS) is 23.0. The Kier molecular flexibility index (Phi) is 5.52. The van der Waals surface area contributed by atoms with Crippen LogP contribution in [0.1, 0.15) is 31.2 Å². The first kappa shape index (κ1) is 16.6. The SMILES string of the molecule is CNCc1cccc(Cl)c1OC1CCCC(S(C)(=O)=O)C1. The molecule has 0 aliphatic heterocycles. The molecule has 6 heteroatoms. The summed E-state index contributed by atoms with van der Waals surface area (Å²) in [6.07, 6.45) is 4.23. The van der Waals surface area contributed by atoms with Crippen LogP contribution in [0.15, 0.2) is 18.2 Å². The smallest absolute Gasteiger partial charge is 0.150 e. The Morgan fingerprint density at radius 1 is 1.38 bits per heavy atom. The molecule has 0 heterocycles. The molecule has 1 saturated carbocycles.